The van der Waals surface area contributed by atoms with E-state index in [2.05, 4.69) is 25.5 Å². The van der Waals surface area contributed by atoms with Crippen LogP contribution in [0.25, 0.3) is 11.0 Å². The van der Waals surface area contributed by atoms with Crippen LogP contribution in [0.4, 0.5) is 5.82 Å². The van der Waals surface area contributed by atoms with Crippen molar-refractivity contribution < 1.29 is 4.79 Å². The average molecular weight is 336 g/mol. The van der Waals surface area contributed by atoms with Crippen LogP contribution in [0.2, 0.25) is 0 Å². The number of carbonyl (C=O) groups is 1. The Morgan fingerprint density at radius 2 is 1.96 bits per heavy atom. The summed E-state index contributed by atoms with van der Waals surface area (Å²) < 4.78 is 0. The second-order valence-electron chi connectivity index (χ2n) is 6.43. The molecule has 25 heavy (non-hydrogen) atoms. The first-order valence-electron chi connectivity index (χ1n) is 8.47. The third kappa shape index (κ3) is 3.17. The highest BCUT2D eigenvalue weighted by molar-refractivity contribution is 5.94. The molecule has 1 amide bonds. The Balaban J connectivity index is 1.39. The molecule has 0 atom stereocenters. The monoisotopic (exact) mass is 336 g/mol. The Labute approximate surface area is 145 Å². The van der Waals surface area contributed by atoms with Gasteiger partial charge in [0, 0.05) is 24.7 Å². The summed E-state index contributed by atoms with van der Waals surface area (Å²) in [5.74, 6) is 0.903. The Morgan fingerprint density at radius 1 is 1.20 bits per heavy atom. The van der Waals surface area contributed by atoms with Crippen molar-refractivity contribution in [1.29, 1.82) is 0 Å². The highest BCUT2D eigenvalue weighted by Crippen LogP contribution is 2.21. The van der Waals surface area contributed by atoms with Gasteiger partial charge in [-0.2, -0.15) is 5.10 Å². The van der Waals surface area contributed by atoms with Crippen molar-refractivity contribution in [3.05, 3.63) is 47.9 Å². The standard InChI is InChI=1S/C18H20N6O/c1-12-2-4-13(5-3-12)18(25)24-8-6-14(7-9-24)22-16-15-10-21-23-17(15)20-11-19-16/h2-5,10-11,14H,6-9H2,1H3,(H2,19,20,21,22,23). The van der Waals surface area contributed by atoms with E-state index in [1.54, 1.807) is 6.20 Å². The molecule has 0 radical (unpaired) electrons. The molecule has 2 aromatic heterocycles. The number of carbonyl (C=O) groups excluding carboxylic acids is 1. The van der Waals surface area contributed by atoms with E-state index in [0.717, 1.165) is 53.9 Å². The van der Waals surface area contributed by atoms with Crippen molar-refractivity contribution in [3.8, 4) is 0 Å². The summed E-state index contributed by atoms with van der Waals surface area (Å²) in [6, 6.07) is 8.05. The maximum atomic E-state index is 12.6. The molecule has 0 unspecified atom stereocenters. The van der Waals surface area contributed by atoms with E-state index in [1.807, 2.05) is 36.1 Å². The van der Waals surface area contributed by atoms with Gasteiger partial charge >= 0.3 is 0 Å². The van der Waals surface area contributed by atoms with Gasteiger partial charge in [0.1, 0.15) is 12.1 Å². The topological polar surface area (TPSA) is 86.8 Å². The molecule has 0 saturated carbocycles. The van der Waals surface area contributed by atoms with Gasteiger partial charge in [-0.3, -0.25) is 9.89 Å². The molecule has 3 aromatic rings. The summed E-state index contributed by atoms with van der Waals surface area (Å²) in [5.41, 5.74) is 2.65. The zero-order valence-electron chi connectivity index (χ0n) is 14.1. The number of nitrogens with zero attached hydrogens (tertiary/aromatic N) is 4. The normalized spacial score (nSPS) is 15.5. The molecule has 0 spiro atoms. The summed E-state index contributed by atoms with van der Waals surface area (Å²) in [6.07, 6.45) is 5.04. The van der Waals surface area contributed by atoms with Crippen LogP contribution in [0.15, 0.2) is 36.8 Å². The zero-order valence-corrected chi connectivity index (χ0v) is 14.1. The highest BCUT2D eigenvalue weighted by atomic mass is 16.2. The Hall–Kier alpha value is -2.96. The van der Waals surface area contributed by atoms with Crippen LogP contribution in [-0.4, -0.2) is 50.1 Å². The molecule has 0 aliphatic carbocycles. The molecule has 7 nitrogen and oxygen atoms in total. The van der Waals surface area contributed by atoms with Crippen molar-refractivity contribution in [2.75, 3.05) is 18.4 Å². The first kappa shape index (κ1) is 15.6. The van der Waals surface area contributed by atoms with E-state index in [9.17, 15) is 4.79 Å². The fraction of sp³-hybridized carbons (Fsp3) is 0.333. The van der Waals surface area contributed by atoms with Crippen LogP contribution in [0, 0.1) is 6.92 Å². The Kier molecular flexibility index (Phi) is 4.05. The van der Waals surface area contributed by atoms with Crippen molar-refractivity contribution in [2.45, 2.75) is 25.8 Å². The highest BCUT2D eigenvalue weighted by Gasteiger charge is 2.24. The van der Waals surface area contributed by atoms with E-state index in [-0.39, 0.29) is 11.9 Å². The van der Waals surface area contributed by atoms with E-state index in [1.165, 1.54) is 6.33 Å². The molecule has 7 heteroatoms. The number of hydrogen-bond acceptors (Lipinski definition) is 5. The lowest BCUT2D eigenvalue weighted by Gasteiger charge is -2.32. The summed E-state index contributed by atoms with van der Waals surface area (Å²) in [6.45, 7) is 3.50. The van der Waals surface area contributed by atoms with Crippen LogP contribution in [-0.2, 0) is 0 Å². The van der Waals surface area contributed by atoms with Crippen molar-refractivity contribution >= 4 is 22.8 Å². The third-order valence-corrected chi connectivity index (χ3v) is 4.67. The molecule has 1 saturated heterocycles. The number of nitrogens with one attached hydrogen (secondary N) is 2. The molecule has 4 rings (SSSR count). The second kappa shape index (κ2) is 6.51. The van der Waals surface area contributed by atoms with Gasteiger partial charge in [0.25, 0.3) is 5.91 Å². The first-order chi connectivity index (χ1) is 12.2. The van der Waals surface area contributed by atoms with Crippen molar-refractivity contribution in [3.63, 3.8) is 0 Å². The predicted octanol–water partition coefficient (Wildman–Crippen LogP) is 2.38. The molecule has 3 heterocycles. The third-order valence-electron chi connectivity index (χ3n) is 4.67. The van der Waals surface area contributed by atoms with Crippen LogP contribution in [0.3, 0.4) is 0 Å². The largest absolute Gasteiger partial charge is 0.366 e. The summed E-state index contributed by atoms with van der Waals surface area (Å²) in [7, 11) is 0. The fourth-order valence-corrected chi connectivity index (χ4v) is 3.18. The summed E-state index contributed by atoms with van der Waals surface area (Å²) in [4.78, 5) is 23.0. The van der Waals surface area contributed by atoms with E-state index < -0.39 is 0 Å². The number of benzene rings is 1. The average Bonchev–Trinajstić information content (AvgIpc) is 3.12. The smallest absolute Gasteiger partial charge is 0.253 e. The van der Waals surface area contributed by atoms with Crippen LogP contribution in [0.1, 0.15) is 28.8 Å². The number of likely N-dealkylation sites (tertiary alicyclic amines) is 1. The molecular weight excluding hydrogens is 316 g/mol. The zero-order chi connectivity index (χ0) is 17.2. The SMILES string of the molecule is Cc1ccc(C(=O)N2CCC(Nc3ncnc4[nH]ncc34)CC2)cc1. The molecule has 128 valence electrons. The van der Waals surface area contributed by atoms with Gasteiger partial charge in [0.05, 0.1) is 11.6 Å². The number of piperidine rings is 1. The maximum absolute atomic E-state index is 12.6. The minimum atomic E-state index is 0.109. The quantitative estimate of drug-likeness (QED) is 0.767. The van der Waals surface area contributed by atoms with Crippen LogP contribution < -0.4 is 5.32 Å². The molecular formula is C18H20N6O. The maximum Gasteiger partial charge on any atom is 0.253 e. The minimum absolute atomic E-state index is 0.109. The lowest BCUT2D eigenvalue weighted by atomic mass is 10.0. The second-order valence-corrected chi connectivity index (χ2v) is 6.43. The minimum Gasteiger partial charge on any atom is -0.366 e. The van der Waals surface area contributed by atoms with Gasteiger partial charge in [0.15, 0.2) is 5.65 Å². The van der Waals surface area contributed by atoms with Gasteiger partial charge < -0.3 is 10.2 Å². The summed E-state index contributed by atoms with van der Waals surface area (Å²) in [5, 5.41) is 11.2. The van der Waals surface area contributed by atoms with Gasteiger partial charge in [-0.05, 0) is 31.9 Å². The molecule has 0 bridgehead atoms. The Morgan fingerprint density at radius 3 is 2.72 bits per heavy atom. The molecule has 1 fully saturated rings. The van der Waals surface area contributed by atoms with Crippen molar-refractivity contribution in [2.24, 2.45) is 0 Å². The number of hydrogen-bond donors (Lipinski definition) is 2. The number of aromatic nitrogens is 4. The number of amides is 1. The Bertz CT molecular complexity index is 880. The lowest BCUT2D eigenvalue weighted by Crippen LogP contribution is -2.42. The van der Waals surface area contributed by atoms with Crippen LogP contribution in [0.5, 0.6) is 0 Å². The van der Waals surface area contributed by atoms with Gasteiger partial charge in [0.2, 0.25) is 0 Å². The van der Waals surface area contributed by atoms with Crippen LogP contribution >= 0.6 is 0 Å². The van der Waals surface area contributed by atoms with Gasteiger partial charge in [-0.1, -0.05) is 17.7 Å². The van der Waals surface area contributed by atoms with E-state index in [0.29, 0.717) is 0 Å². The number of H-pyrrole nitrogens is 1. The lowest BCUT2D eigenvalue weighted by molar-refractivity contribution is 0.0718. The fourth-order valence-electron chi connectivity index (χ4n) is 3.18. The molecule has 1 aliphatic heterocycles. The first-order valence-corrected chi connectivity index (χ1v) is 8.47. The van der Waals surface area contributed by atoms with Gasteiger partial charge in [-0.25, -0.2) is 9.97 Å². The number of anilines is 1. The van der Waals surface area contributed by atoms with E-state index >= 15 is 0 Å². The molecule has 2 N–H and O–H groups in total. The number of aryl methyl sites for hydroxylation is 1. The van der Waals surface area contributed by atoms with E-state index in [4.69, 9.17) is 0 Å². The van der Waals surface area contributed by atoms with Crippen molar-refractivity contribution in [1.82, 2.24) is 25.1 Å². The predicted molar refractivity (Wildman–Crippen MR) is 95.4 cm³/mol. The molecule has 1 aliphatic rings. The number of aromatic amines is 1. The van der Waals surface area contributed by atoms with Gasteiger partial charge in [-0.15, -0.1) is 0 Å². The molecule has 1 aromatic carbocycles. The summed E-state index contributed by atoms with van der Waals surface area (Å²) >= 11 is 0. The number of rotatable bonds is 3. The number of fused-ring (bicyclic) bond motifs is 1.